The largest absolute Gasteiger partial charge is 0.383 e. The first-order valence-corrected chi connectivity index (χ1v) is 22.3. The number of fused-ring (bicyclic) bond motifs is 8. The van der Waals surface area contributed by atoms with Gasteiger partial charge in [-0.05, 0) is 78.2 Å². The number of allylic oxidation sites excluding steroid dienone is 3. The highest BCUT2D eigenvalue weighted by molar-refractivity contribution is 7.26. The Bertz CT molecular complexity index is 3540. The van der Waals surface area contributed by atoms with E-state index in [-0.39, 0.29) is 0 Å². The zero-order valence-electron chi connectivity index (χ0n) is 35.5. The van der Waals surface area contributed by atoms with Crippen LogP contribution < -0.4 is 5.73 Å². The Morgan fingerprint density at radius 3 is 2.00 bits per heavy atom. The van der Waals surface area contributed by atoms with Crippen molar-refractivity contribution >= 4 is 75.9 Å². The number of hydrogen-bond donors (Lipinski definition) is 1. The molecule has 64 heavy (non-hydrogen) atoms. The van der Waals surface area contributed by atoms with Gasteiger partial charge in [-0.3, -0.25) is 4.99 Å². The van der Waals surface area contributed by atoms with Crippen LogP contribution in [0.3, 0.4) is 0 Å². The molecule has 0 amide bonds. The molecule has 0 radical (unpaired) electrons. The first-order valence-electron chi connectivity index (χ1n) is 21.5. The van der Waals surface area contributed by atoms with Gasteiger partial charge in [0.25, 0.3) is 0 Å². The zero-order chi connectivity index (χ0) is 43.4. The highest BCUT2D eigenvalue weighted by Gasteiger charge is 2.20. The summed E-state index contributed by atoms with van der Waals surface area (Å²) >= 11 is 1.87. The molecule has 8 aromatic carbocycles. The summed E-state index contributed by atoms with van der Waals surface area (Å²) in [4.78, 5) is 10.1. The van der Waals surface area contributed by atoms with Crippen molar-refractivity contribution in [3.63, 3.8) is 0 Å². The SMILES string of the molecule is C=C/C=C\C.NC(=NC(=NCc1cc(-c2ccccc2)cc(-n2c3cc4ccn(-c5ccccc5)c4cc3c3ccc4c5ccccc5sc4c32)c1)c1ccccc1)c1ccccc1. The fourth-order valence-corrected chi connectivity index (χ4v) is 9.79. The van der Waals surface area contributed by atoms with E-state index in [4.69, 9.17) is 15.7 Å². The highest BCUT2D eigenvalue weighted by Crippen LogP contribution is 2.44. The van der Waals surface area contributed by atoms with Gasteiger partial charge >= 0.3 is 0 Å². The second kappa shape index (κ2) is 17.7. The Hall–Kier alpha value is -8.06. The molecule has 11 rings (SSSR count). The van der Waals surface area contributed by atoms with Gasteiger partial charge in [-0.2, -0.15) is 0 Å². The molecule has 0 bridgehead atoms. The number of thiophene rings is 1. The monoisotopic (exact) mass is 843 g/mol. The molecule has 2 N–H and O–H groups in total. The number of nitrogens with zero attached hydrogens (tertiary/aromatic N) is 4. The fraction of sp³-hybridized carbons (Fsp3) is 0.0345. The molecule has 0 aliphatic carbocycles. The molecular weight excluding hydrogens is 799 g/mol. The first-order chi connectivity index (χ1) is 31.6. The number of amidine groups is 2. The minimum absolute atomic E-state index is 0.406. The Balaban J connectivity index is 0.000000920. The van der Waals surface area contributed by atoms with Crippen molar-refractivity contribution < 1.29 is 0 Å². The molecule has 0 aliphatic rings. The lowest BCUT2D eigenvalue weighted by atomic mass is 10.0. The third-order valence-electron chi connectivity index (χ3n) is 11.5. The molecular formula is C58H45N5S. The summed E-state index contributed by atoms with van der Waals surface area (Å²) < 4.78 is 7.34. The van der Waals surface area contributed by atoms with E-state index in [1.54, 1.807) is 6.08 Å². The van der Waals surface area contributed by atoms with Crippen LogP contribution in [0, 0.1) is 0 Å². The van der Waals surface area contributed by atoms with Crippen LogP contribution in [-0.2, 0) is 6.54 Å². The third kappa shape index (κ3) is 7.72. The molecule has 0 saturated heterocycles. The predicted octanol–water partition coefficient (Wildman–Crippen LogP) is 14.9. The second-order valence-corrected chi connectivity index (χ2v) is 16.7. The molecule has 6 heteroatoms. The van der Waals surface area contributed by atoms with Crippen molar-refractivity contribution in [2.24, 2.45) is 15.7 Å². The summed E-state index contributed by atoms with van der Waals surface area (Å²) in [5.41, 5.74) is 17.5. The number of benzene rings is 8. The van der Waals surface area contributed by atoms with E-state index in [2.05, 4.69) is 155 Å². The van der Waals surface area contributed by atoms with Crippen LogP contribution in [0.1, 0.15) is 23.6 Å². The first kappa shape index (κ1) is 40.0. The molecule has 3 heterocycles. The maximum Gasteiger partial charge on any atom is 0.157 e. The maximum atomic E-state index is 6.61. The normalized spacial score (nSPS) is 12.1. The Kier molecular flexibility index (Phi) is 11.1. The van der Waals surface area contributed by atoms with E-state index in [9.17, 15) is 0 Å². The van der Waals surface area contributed by atoms with Crippen molar-refractivity contribution in [2.45, 2.75) is 13.5 Å². The summed E-state index contributed by atoms with van der Waals surface area (Å²) in [5.74, 6) is 1.02. The molecule has 0 unspecified atom stereocenters. The lowest BCUT2D eigenvalue weighted by Gasteiger charge is -2.14. The van der Waals surface area contributed by atoms with Crippen molar-refractivity contribution in [2.75, 3.05) is 0 Å². The van der Waals surface area contributed by atoms with E-state index >= 15 is 0 Å². The number of hydrogen-bond acceptors (Lipinski definition) is 2. The molecule has 0 saturated carbocycles. The van der Waals surface area contributed by atoms with Crippen LogP contribution in [0.4, 0.5) is 0 Å². The fourth-order valence-electron chi connectivity index (χ4n) is 8.55. The lowest BCUT2D eigenvalue weighted by Crippen LogP contribution is -2.16. The Morgan fingerprint density at radius 2 is 1.28 bits per heavy atom. The third-order valence-corrected chi connectivity index (χ3v) is 12.7. The van der Waals surface area contributed by atoms with Crippen LogP contribution in [-0.4, -0.2) is 20.8 Å². The number of rotatable bonds is 8. The average Bonchev–Trinajstić information content (AvgIpc) is 4.05. The smallest absolute Gasteiger partial charge is 0.157 e. The van der Waals surface area contributed by atoms with Gasteiger partial charge in [-0.15, -0.1) is 11.3 Å². The molecule has 0 atom stereocenters. The summed E-state index contributed by atoms with van der Waals surface area (Å²) in [6.07, 6.45) is 7.76. The quantitative estimate of drug-likeness (QED) is 0.0924. The summed E-state index contributed by atoms with van der Waals surface area (Å²) in [6.45, 7) is 5.83. The maximum absolute atomic E-state index is 6.61. The minimum atomic E-state index is 0.406. The Morgan fingerprint density at radius 1 is 0.609 bits per heavy atom. The molecule has 0 fully saturated rings. The van der Waals surface area contributed by atoms with Crippen molar-refractivity contribution in [3.8, 4) is 22.5 Å². The van der Waals surface area contributed by atoms with Gasteiger partial charge in [0.15, 0.2) is 5.84 Å². The second-order valence-electron chi connectivity index (χ2n) is 15.6. The number of aliphatic imine (C=N–C) groups is 2. The molecule has 3 aromatic heterocycles. The van der Waals surface area contributed by atoms with Crippen LogP contribution in [0.25, 0.3) is 75.4 Å². The van der Waals surface area contributed by atoms with Crippen LogP contribution in [0.2, 0.25) is 0 Å². The van der Waals surface area contributed by atoms with Crippen molar-refractivity contribution in [3.05, 3.63) is 242 Å². The molecule has 0 aliphatic heterocycles. The number of para-hydroxylation sites is 1. The molecule has 308 valence electrons. The molecule has 11 aromatic rings. The van der Waals surface area contributed by atoms with Gasteiger partial charge in [0.05, 0.1) is 27.8 Å². The van der Waals surface area contributed by atoms with Gasteiger partial charge in [-0.1, -0.05) is 164 Å². The van der Waals surface area contributed by atoms with Crippen molar-refractivity contribution in [1.29, 1.82) is 0 Å². The van der Waals surface area contributed by atoms with Crippen LogP contribution >= 0.6 is 11.3 Å². The van der Waals surface area contributed by atoms with Crippen LogP contribution in [0.15, 0.2) is 235 Å². The number of aromatic nitrogens is 2. The van der Waals surface area contributed by atoms with Crippen molar-refractivity contribution in [1.82, 2.24) is 9.13 Å². The zero-order valence-corrected chi connectivity index (χ0v) is 36.3. The molecule has 0 spiro atoms. The summed E-state index contributed by atoms with van der Waals surface area (Å²) in [7, 11) is 0. The standard InChI is InChI=1S/C53H37N5S.C5H8/c54-52(37-17-7-2-8-18-37)56-53(38-19-9-3-10-20-38)55-34-35-29-40(36-15-5-1-6-16-36)31-42(30-35)58-48-32-39-27-28-57(41-21-11-4-12-22-41)47(39)33-46(48)44-25-26-45-43-23-13-14-24-49(43)59-51(45)50(44)58;1-3-5-4-2/h1-33H,34H2,(H2,54,55,56);3-5H,1H2,2H3/b;5-4-. The van der Waals surface area contributed by atoms with Crippen LogP contribution in [0.5, 0.6) is 0 Å². The lowest BCUT2D eigenvalue weighted by molar-refractivity contribution is 1.05. The van der Waals surface area contributed by atoms with Gasteiger partial charge < -0.3 is 14.9 Å². The van der Waals surface area contributed by atoms with E-state index < -0.39 is 0 Å². The minimum Gasteiger partial charge on any atom is -0.383 e. The predicted molar refractivity (Wildman–Crippen MR) is 275 cm³/mol. The van der Waals surface area contributed by atoms with E-state index in [0.717, 1.165) is 44.7 Å². The Labute approximate surface area is 376 Å². The number of nitrogens with two attached hydrogens (primary N) is 1. The topological polar surface area (TPSA) is 60.6 Å². The van der Waals surface area contributed by atoms with E-state index in [1.807, 2.05) is 91.1 Å². The average molecular weight is 844 g/mol. The van der Waals surface area contributed by atoms with E-state index in [0.29, 0.717) is 18.2 Å². The summed E-state index contributed by atoms with van der Waals surface area (Å²) in [5, 5.41) is 6.17. The van der Waals surface area contributed by atoms with Gasteiger partial charge in [0.1, 0.15) is 5.84 Å². The van der Waals surface area contributed by atoms with Gasteiger partial charge in [-0.25, -0.2) is 4.99 Å². The molecule has 5 nitrogen and oxygen atoms in total. The highest BCUT2D eigenvalue weighted by atomic mass is 32.1. The van der Waals surface area contributed by atoms with E-state index in [1.165, 1.54) is 47.4 Å². The van der Waals surface area contributed by atoms with Gasteiger partial charge in [0, 0.05) is 60.3 Å². The van der Waals surface area contributed by atoms with Gasteiger partial charge in [0.2, 0.25) is 0 Å². The summed E-state index contributed by atoms with van der Waals surface area (Å²) in [6, 6.07) is 68.4.